The molecule has 1 aromatic carbocycles. The van der Waals surface area contributed by atoms with Gasteiger partial charge in [-0.1, -0.05) is 6.07 Å². The molecule has 0 bridgehead atoms. The number of anilines is 1. The molecule has 1 saturated heterocycles. The molecular weight excluding hydrogens is 254 g/mol. The molecule has 1 unspecified atom stereocenters. The molecule has 1 atom stereocenters. The number of nitrogens with zero attached hydrogens (tertiary/aromatic N) is 2. The monoisotopic (exact) mass is 275 g/mol. The summed E-state index contributed by atoms with van der Waals surface area (Å²) in [5, 5.41) is 3.27. The number of fused-ring (bicyclic) bond motifs is 1. The number of piperazine rings is 1. The third kappa shape index (κ3) is 2.33. The van der Waals surface area contributed by atoms with Crippen molar-refractivity contribution >= 4 is 11.6 Å². The van der Waals surface area contributed by atoms with E-state index in [9.17, 15) is 4.79 Å². The Labute approximate surface area is 119 Å². The van der Waals surface area contributed by atoms with Gasteiger partial charge in [0.15, 0.2) is 5.75 Å². The molecule has 1 amide bonds. The highest BCUT2D eigenvalue weighted by Crippen LogP contribution is 2.32. The van der Waals surface area contributed by atoms with Crippen molar-refractivity contribution < 1.29 is 9.53 Å². The lowest BCUT2D eigenvalue weighted by atomic mass is 10.1. The fraction of sp³-hybridized carbons (Fsp3) is 0.533. The summed E-state index contributed by atoms with van der Waals surface area (Å²) in [6.07, 6.45) is 0. The van der Waals surface area contributed by atoms with Crippen molar-refractivity contribution in [3.63, 3.8) is 0 Å². The van der Waals surface area contributed by atoms with E-state index in [0.29, 0.717) is 24.0 Å². The highest BCUT2D eigenvalue weighted by molar-refractivity contribution is 5.99. The number of para-hydroxylation sites is 1. The summed E-state index contributed by atoms with van der Waals surface area (Å²) in [6, 6.07) is 6.12. The van der Waals surface area contributed by atoms with Crippen molar-refractivity contribution in [1.82, 2.24) is 9.80 Å². The fourth-order valence-electron chi connectivity index (χ4n) is 2.74. The topological polar surface area (TPSA) is 44.8 Å². The molecule has 108 valence electrons. The number of carbonyl (C=O) groups is 1. The largest absolute Gasteiger partial charge is 0.489 e. The number of hydrogen-bond acceptors (Lipinski definition) is 4. The molecule has 0 aromatic heterocycles. The van der Waals surface area contributed by atoms with Crippen LogP contribution in [0.3, 0.4) is 0 Å². The summed E-state index contributed by atoms with van der Waals surface area (Å²) in [4.78, 5) is 16.9. The molecule has 0 aliphatic carbocycles. The van der Waals surface area contributed by atoms with Gasteiger partial charge in [0.25, 0.3) is 5.91 Å². The summed E-state index contributed by atoms with van der Waals surface area (Å²) in [6.45, 7) is 6.01. The van der Waals surface area contributed by atoms with Crippen molar-refractivity contribution in [3.8, 4) is 5.75 Å². The first-order valence-electron chi connectivity index (χ1n) is 7.16. The van der Waals surface area contributed by atoms with Gasteiger partial charge in [-0.15, -0.1) is 0 Å². The average Bonchev–Trinajstić information content (AvgIpc) is 2.49. The van der Waals surface area contributed by atoms with Crippen LogP contribution < -0.4 is 10.1 Å². The number of benzene rings is 1. The third-order valence-electron chi connectivity index (χ3n) is 4.16. The van der Waals surface area contributed by atoms with Crippen LogP contribution >= 0.6 is 0 Å². The molecule has 5 nitrogen and oxygen atoms in total. The smallest absolute Gasteiger partial charge is 0.257 e. The first-order valence-corrected chi connectivity index (χ1v) is 7.16. The predicted molar refractivity (Wildman–Crippen MR) is 78.4 cm³/mol. The molecule has 1 aromatic rings. The SMILES string of the molecule is CC1CN(C(=O)c2cccc3c2OCCN3)CCN1C. The van der Waals surface area contributed by atoms with E-state index in [-0.39, 0.29) is 5.91 Å². The standard InChI is InChI=1S/C15H21N3O2/c1-11-10-18(8-7-17(11)2)15(19)12-4-3-5-13-14(12)20-9-6-16-13/h3-5,11,16H,6-10H2,1-2H3. The molecule has 2 heterocycles. The number of rotatable bonds is 1. The number of likely N-dealkylation sites (N-methyl/N-ethyl adjacent to an activating group) is 1. The van der Waals surface area contributed by atoms with Gasteiger partial charge in [-0.2, -0.15) is 0 Å². The van der Waals surface area contributed by atoms with Gasteiger partial charge in [-0.3, -0.25) is 4.79 Å². The second-order valence-corrected chi connectivity index (χ2v) is 5.54. The minimum Gasteiger partial charge on any atom is -0.489 e. The van der Waals surface area contributed by atoms with Crippen LogP contribution in [0.25, 0.3) is 0 Å². The highest BCUT2D eigenvalue weighted by Gasteiger charge is 2.28. The van der Waals surface area contributed by atoms with Crippen molar-refractivity contribution in [3.05, 3.63) is 23.8 Å². The van der Waals surface area contributed by atoms with Gasteiger partial charge >= 0.3 is 0 Å². The van der Waals surface area contributed by atoms with Gasteiger partial charge in [0.2, 0.25) is 0 Å². The quantitative estimate of drug-likeness (QED) is 0.838. The van der Waals surface area contributed by atoms with Crippen LogP contribution in [0, 0.1) is 0 Å². The summed E-state index contributed by atoms with van der Waals surface area (Å²) in [5.74, 6) is 0.779. The van der Waals surface area contributed by atoms with Crippen LogP contribution in [-0.2, 0) is 0 Å². The molecule has 1 N–H and O–H groups in total. The molecule has 20 heavy (non-hydrogen) atoms. The average molecular weight is 275 g/mol. The Morgan fingerprint density at radius 3 is 3.05 bits per heavy atom. The van der Waals surface area contributed by atoms with Crippen LogP contribution in [0.4, 0.5) is 5.69 Å². The lowest BCUT2D eigenvalue weighted by Crippen LogP contribution is -2.52. The maximum absolute atomic E-state index is 12.7. The van der Waals surface area contributed by atoms with Crippen LogP contribution in [0.5, 0.6) is 5.75 Å². The van der Waals surface area contributed by atoms with E-state index in [1.54, 1.807) is 0 Å². The minimum absolute atomic E-state index is 0.0745. The third-order valence-corrected chi connectivity index (χ3v) is 4.16. The van der Waals surface area contributed by atoms with E-state index < -0.39 is 0 Å². The number of hydrogen-bond donors (Lipinski definition) is 1. The van der Waals surface area contributed by atoms with E-state index in [1.807, 2.05) is 23.1 Å². The maximum Gasteiger partial charge on any atom is 0.257 e. The minimum atomic E-state index is 0.0745. The lowest BCUT2D eigenvalue weighted by Gasteiger charge is -2.38. The molecule has 0 spiro atoms. The van der Waals surface area contributed by atoms with Crippen LogP contribution in [0.1, 0.15) is 17.3 Å². The summed E-state index contributed by atoms with van der Waals surface area (Å²) in [7, 11) is 2.10. The van der Waals surface area contributed by atoms with Crippen LogP contribution in [0.2, 0.25) is 0 Å². The number of ether oxygens (including phenoxy) is 1. The molecule has 1 fully saturated rings. The first-order chi connectivity index (χ1) is 9.66. The maximum atomic E-state index is 12.7. The van der Waals surface area contributed by atoms with E-state index in [1.165, 1.54) is 0 Å². The summed E-state index contributed by atoms with van der Waals surface area (Å²) < 4.78 is 5.69. The predicted octanol–water partition coefficient (Wildman–Crippen LogP) is 1.27. The van der Waals surface area contributed by atoms with Gasteiger partial charge in [0.1, 0.15) is 6.61 Å². The summed E-state index contributed by atoms with van der Waals surface area (Å²) >= 11 is 0. The van der Waals surface area contributed by atoms with E-state index in [0.717, 1.165) is 31.9 Å². The van der Waals surface area contributed by atoms with Crippen molar-refractivity contribution in [2.24, 2.45) is 0 Å². The van der Waals surface area contributed by atoms with Gasteiger partial charge in [-0.25, -0.2) is 0 Å². The zero-order valence-electron chi connectivity index (χ0n) is 12.1. The first kappa shape index (κ1) is 13.2. The van der Waals surface area contributed by atoms with Gasteiger partial charge < -0.3 is 19.9 Å². The van der Waals surface area contributed by atoms with Crippen LogP contribution in [0.15, 0.2) is 18.2 Å². The zero-order chi connectivity index (χ0) is 14.1. The van der Waals surface area contributed by atoms with Crippen molar-refractivity contribution in [2.75, 3.05) is 45.2 Å². The number of amides is 1. The Morgan fingerprint density at radius 2 is 2.25 bits per heavy atom. The van der Waals surface area contributed by atoms with Gasteiger partial charge in [0.05, 0.1) is 11.3 Å². The molecule has 2 aliphatic rings. The molecule has 5 heteroatoms. The van der Waals surface area contributed by atoms with Crippen molar-refractivity contribution in [1.29, 1.82) is 0 Å². The lowest BCUT2D eigenvalue weighted by molar-refractivity contribution is 0.0568. The fourth-order valence-corrected chi connectivity index (χ4v) is 2.74. The van der Waals surface area contributed by atoms with Gasteiger partial charge in [-0.05, 0) is 26.1 Å². The molecule has 0 saturated carbocycles. The molecule has 0 radical (unpaired) electrons. The molecular formula is C15H21N3O2. The number of carbonyl (C=O) groups excluding carboxylic acids is 1. The Balaban J connectivity index is 1.84. The zero-order valence-corrected chi connectivity index (χ0v) is 12.1. The Hall–Kier alpha value is -1.75. The normalized spacial score (nSPS) is 22.7. The van der Waals surface area contributed by atoms with E-state index in [2.05, 4.69) is 24.2 Å². The highest BCUT2D eigenvalue weighted by atomic mass is 16.5. The number of nitrogens with one attached hydrogen (secondary N) is 1. The Morgan fingerprint density at radius 1 is 1.40 bits per heavy atom. The Kier molecular flexibility index (Phi) is 3.53. The summed E-state index contributed by atoms with van der Waals surface area (Å²) in [5.41, 5.74) is 1.59. The Bertz CT molecular complexity index is 518. The second-order valence-electron chi connectivity index (χ2n) is 5.54. The van der Waals surface area contributed by atoms with E-state index >= 15 is 0 Å². The van der Waals surface area contributed by atoms with Crippen molar-refractivity contribution in [2.45, 2.75) is 13.0 Å². The molecule has 2 aliphatic heterocycles. The van der Waals surface area contributed by atoms with E-state index in [4.69, 9.17) is 4.74 Å². The van der Waals surface area contributed by atoms with Crippen LogP contribution in [-0.4, -0.2) is 61.6 Å². The second kappa shape index (κ2) is 5.32. The molecule has 3 rings (SSSR count). The van der Waals surface area contributed by atoms with Gasteiger partial charge in [0, 0.05) is 32.2 Å².